The molecule has 0 aromatic carbocycles. The summed E-state index contributed by atoms with van der Waals surface area (Å²) in [5.41, 5.74) is 17.1. The number of primary amides is 2. The quantitative estimate of drug-likeness (QED) is 0.776. The normalized spacial score (nSPS) is 18.0. The van der Waals surface area contributed by atoms with Gasteiger partial charge in [-0.25, -0.2) is 0 Å². The van der Waals surface area contributed by atoms with E-state index in [4.69, 9.17) is 17.2 Å². The summed E-state index contributed by atoms with van der Waals surface area (Å²) in [6, 6.07) is 0. The van der Waals surface area contributed by atoms with E-state index in [1.807, 2.05) is 0 Å². The molecule has 110 valence electrons. The highest BCUT2D eigenvalue weighted by atomic mass is 32.1. The van der Waals surface area contributed by atoms with Gasteiger partial charge in [0, 0.05) is 13.1 Å². The third kappa shape index (κ3) is 2.58. The average molecular weight is 296 g/mol. The standard InChI is InChI=1S/C13H20N4O2S/c1-13(2)4-3-5-17(6-13)12-7(10(15)18)8(14)9(20-12)11(16)19/h3-6,14H2,1-2H3,(H2,15,18)(H2,16,19). The molecule has 0 spiro atoms. The highest BCUT2D eigenvalue weighted by Crippen LogP contribution is 2.41. The van der Waals surface area contributed by atoms with Gasteiger partial charge < -0.3 is 22.1 Å². The average Bonchev–Trinajstić information content (AvgIpc) is 2.65. The Morgan fingerprint density at radius 1 is 1.25 bits per heavy atom. The summed E-state index contributed by atoms with van der Waals surface area (Å²) in [5.74, 6) is -1.25. The first kappa shape index (κ1) is 14.6. The number of thiophene rings is 1. The summed E-state index contributed by atoms with van der Waals surface area (Å²) in [7, 11) is 0. The lowest BCUT2D eigenvalue weighted by atomic mass is 9.84. The summed E-state index contributed by atoms with van der Waals surface area (Å²) in [6.07, 6.45) is 2.15. The van der Waals surface area contributed by atoms with E-state index in [1.54, 1.807) is 0 Å². The van der Waals surface area contributed by atoms with Crippen LogP contribution in [0.5, 0.6) is 0 Å². The van der Waals surface area contributed by atoms with Gasteiger partial charge in [0.25, 0.3) is 11.8 Å². The number of anilines is 2. The molecule has 0 saturated carbocycles. The molecule has 2 amide bonds. The highest BCUT2D eigenvalue weighted by Gasteiger charge is 2.32. The zero-order valence-corrected chi connectivity index (χ0v) is 12.5. The Bertz CT molecular complexity index is 565. The molecule has 1 aromatic rings. The number of nitrogen functional groups attached to an aromatic ring is 1. The number of hydrogen-bond acceptors (Lipinski definition) is 5. The smallest absolute Gasteiger partial charge is 0.260 e. The van der Waals surface area contributed by atoms with Gasteiger partial charge in [0.1, 0.15) is 9.88 Å². The lowest BCUT2D eigenvalue weighted by Crippen LogP contribution is -2.40. The number of carbonyl (C=O) groups excluding carboxylic acids is 2. The van der Waals surface area contributed by atoms with Crippen molar-refractivity contribution < 1.29 is 9.59 Å². The van der Waals surface area contributed by atoms with Gasteiger partial charge >= 0.3 is 0 Å². The molecule has 7 heteroatoms. The maximum atomic E-state index is 11.7. The molecule has 20 heavy (non-hydrogen) atoms. The molecule has 1 aliphatic rings. The van der Waals surface area contributed by atoms with Gasteiger partial charge in [0.15, 0.2) is 0 Å². The maximum absolute atomic E-state index is 11.7. The van der Waals surface area contributed by atoms with Gasteiger partial charge in [-0.15, -0.1) is 11.3 Å². The molecule has 0 radical (unpaired) electrons. The topological polar surface area (TPSA) is 115 Å². The van der Waals surface area contributed by atoms with E-state index in [2.05, 4.69) is 18.7 Å². The molecule has 1 aliphatic heterocycles. The van der Waals surface area contributed by atoms with Crippen LogP contribution in [0.4, 0.5) is 10.7 Å². The van der Waals surface area contributed by atoms with Gasteiger partial charge in [-0.2, -0.15) is 0 Å². The van der Waals surface area contributed by atoms with Crippen molar-refractivity contribution in [3.63, 3.8) is 0 Å². The van der Waals surface area contributed by atoms with Crippen LogP contribution in [0.15, 0.2) is 0 Å². The van der Waals surface area contributed by atoms with Crippen molar-refractivity contribution in [2.24, 2.45) is 16.9 Å². The molecular weight excluding hydrogens is 276 g/mol. The van der Waals surface area contributed by atoms with E-state index in [0.717, 1.165) is 37.3 Å². The first-order valence-corrected chi connectivity index (χ1v) is 7.31. The zero-order chi connectivity index (χ0) is 15.1. The predicted molar refractivity (Wildman–Crippen MR) is 81.0 cm³/mol. The summed E-state index contributed by atoms with van der Waals surface area (Å²) < 4.78 is 0. The number of rotatable bonds is 3. The van der Waals surface area contributed by atoms with E-state index in [9.17, 15) is 9.59 Å². The maximum Gasteiger partial charge on any atom is 0.260 e. The fraction of sp³-hybridized carbons (Fsp3) is 0.538. The molecule has 0 aliphatic carbocycles. The minimum Gasteiger partial charge on any atom is -0.397 e. The number of nitrogens with two attached hydrogens (primary N) is 3. The van der Waals surface area contributed by atoms with Crippen LogP contribution in [0.1, 0.15) is 46.7 Å². The van der Waals surface area contributed by atoms with Crippen LogP contribution < -0.4 is 22.1 Å². The van der Waals surface area contributed by atoms with E-state index in [0.29, 0.717) is 5.00 Å². The number of piperidine rings is 1. The van der Waals surface area contributed by atoms with Gasteiger partial charge in [0.2, 0.25) is 0 Å². The van der Waals surface area contributed by atoms with Crippen molar-refractivity contribution in [2.45, 2.75) is 26.7 Å². The van der Waals surface area contributed by atoms with Crippen LogP contribution in [-0.4, -0.2) is 24.9 Å². The van der Waals surface area contributed by atoms with Gasteiger partial charge in [-0.1, -0.05) is 13.8 Å². The predicted octanol–water partition coefficient (Wildman–Crippen LogP) is 1.15. The van der Waals surface area contributed by atoms with E-state index < -0.39 is 11.8 Å². The minimum atomic E-state index is -0.627. The van der Waals surface area contributed by atoms with Crippen molar-refractivity contribution in [1.29, 1.82) is 0 Å². The van der Waals surface area contributed by atoms with Crippen LogP contribution in [0.25, 0.3) is 0 Å². The van der Waals surface area contributed by atoms with Crippen LogP contribution >= 0.6 is 11.3 Å². The van der Waals surface area contributed by atoms with E-state index in [1.165, 1.54) is 0 Å². The van der Waals surface area contributed by atoms with E-state index >= 15 is 0 Å². The molecule has 1 saturated heterocycles. The molecule has 2 heterocycles. The zero-order valence-electron chi connectivity index (χ0n) is 11.7. The summed E-state index contributed by atoms with van der Waals surface area (Å²) in [6.45, 7) is 5.97. The molecule has 0 bridgehead atoms. The first-order chi connectivity index (χ1) is 9.23. The second-order valence-corrected chi connectivity index (χ2v) is 6.94. The minimum absolute atomic E-state index is 0.105. The molecule has 0 unspecified atom stereocenters. The van der Waals surface area contributed by atoms with Gasteiger partial charge in [-0.05, 0) is 18.3 Å². The van der Waals surface area contributed by atoms with Gasteiger partial charge in [0.05, 0.1) is 11.3 Å². The summed E-state index contributed by atoms with van der Waals surface area (Å²) >= 11 is 1.16. The largest absolute Gasteiger partial charge is 0.397 e. The van der Waals surface area contributed by atoms with Crippen LogP contribution in [0.3, 0.4) is 0 Å². The van der Waals surface area contributed by atoms with Crippen molar-refractivity contribution in [3.8, 4) is 0 Å². The van der Waals surface area contributed by atoms with Crippen molar-refractivity contribution in [3.05, 3.63) is 10.4 Å². The Kier molecular flexibility index (Phi) is 3.64. The number of nitrogens with zero attached hydrogens (tertiary/aromatic N) is 1. The second-order valence-electron chi connectivity index (χ2n) is 5.94. The molecule has 1 fully saturated rings. The SMILES string of the molecule is CC1(C)CCCN(c2sc(C(N)=O)c(N)c2C(N)=O)C1. The number of carbonyl (C=O) groups is 2. The van der Waals surface area contributed by atoms with Crippen LogP contribution in [0, 0.1) is 5.41 Å². The third-order valence-corrected chi connectivity index (χ3v) is 4.87. The summed E-state index contributed by atoms with van der Waals surface area (Å²) in [4.78, 5) is 25.3. The van der Waals surface area contributed by atoms with E-state index in [-0.39, 0.29) is 21.5 Å². The summed E-state index contributed by atoms with van der Waals surface area (Å²) in [5, 5.41) is 0.663. The Hall–Kier alpha value is -1.76. The molecule has 6 nitrogen and oxygen atoms in total. The second kappa shape index (κ2) is 4.97. The Labute approximate surface area is 121 Å². The number of hydrogen-bond donors (Lipinski definition) is 3. The molecule has 1 aromatic heterocycles. The first-order valence-electron chi connectivity index (χ1n) is 6.50. The molecule has 0 atom stereocenters. The van der Waals surface area contributed by atoms with Crippen LogP contribution in [0.2, 0.25) is 0 Å². The Morgan fingerprint density at radius 2 is 1.90 bits per heavy atom. The number of amides is 2. The molecular formula is C13H20N4O2S. The van der Waals surface area contributed by atoms with Gasteiger partial charge in [-0.3, -0.25) is 9.59 Å². The Morgan fingerprint density at radius 3 is 2.40 bits per heavy atom. The Balaban J connectivity index is 2.48. The highest BCUT2D eigenvalue weighted by molar-refractivity contribution is 7.19. The fourth-order valence-electron chi connectivity index (χ4n) is 2.67. The molecule has 6 N–H and O–H groups in total. The lowest BCUT2D eigenvalue weighted by molar-refractivity contribution is 0.0999. The molecule has 2 rings (SSSR count). The lowest BCUT2D eigenvalue weighted by Gasteiger charge is -2.39. The fourth-order valence-corrected chi connectivity index (χ4v) is 3.78. The van der Waals surface area contributed by atoms with Crippen molar-refractivity contribution >= 4 is 33.8 Å². The van der Waals surface area contributed by atoms with Crippen molar-refractivity contribution in [2.75, 3.05) is 23.7 Å². The monoisotopic (exact) mass is 296 g/mol. The third-order valence-electron chi connectivity index (χ3n) is 3.58. The van der Waals surface area contributed by atoms with Crippen molar-refractivity contribution in [1.82, 2.24) is 0 Å². The van der Waals surface area contributed by atoms with Crippen LogP contribution in [-0.2, 0) is 0 Å².